The number of nitrogens with zero attached hydrogens (tertiary/aromatic N) is 1. The van der Waals surface area contributed by atoms with E-state index >= 15 is 0 Å². The second-order valence-corrected chi connectivity index (χ2v) is 5.68. The van der Waals surface area contributed by atoms with Crippen LogP contribution < -0.4 is 20.7 Å². The predicted molar refractivity (Wildman–Crippen MR) is 100 cm³/mol. The molecule has 0 unspecified atom stereocenters. The highest BCUT2D eigenvalue weighted by Crippen LogP contribution is 2.16. The Morgan fingerprint density at radius 3 is 2.58 bits per heavy atom. The molecular formula is C19H20N4O3. The first kappa shape index (κ1) is 17.5. The number of hydrogen-bond acceptors (Lipinski definition) is 5. The second-order valence-electron chi connectivity index (χ2n) is 5.68. The normalized spacial score (nSPS) is 16.3. The van der Waals surface area contributed by atoms with Gasteiger partial charge in [-0.25, -0.2) is 4.99 Å². The highest BCUT2D eigenvalue weighted by Gasteiger charge is 2.27. The van der Waals surface area contributed by atoms with Gasteiger partial charge in [0.05, 0.1) is 13.0 Å². The third-order valence-electron chi connectivity index (χ3n) is 3.69. The number of rotatable bonds is 5. The van der Waals surface area contributed by atoms with Crippen LogP contribution in [0.25, 0.3) is 0 Å². The molecule has 1 atom stereocenters. The van der Waals surface area contributed by atoms with Gasteiger partial charge < -0.3 is 15.4 Å². The standard InChI is InChI=1S/C19H20N4O3/c1-2-26-15-10-8-14(9-11-15)21-19-22-16(12-17(24)23-19)18(25)20-13-6-4-3-5-7-13/h3-11,16H,2,12H2,1H3,(H,20,25)(H2,21,22,23,24)/t16-/m1/s1. The summed E-state index contributed by atoms with van der Waals surface area (Å²) in [5.74, 6) is 0.421. The Balaban J connectivity index is 1.68. The Hall–Kier alpha value is -3.35. The van der Waals surface area contributed by atoms with Gasteiger partial charge in [-0.15, -0.1) is 0 Å². The minimum atomic E-state index is -0.783. The number of carbonyl (C=O) groups is 2. The van der Waals surface area contributed by atoms with E-state index in [0.717, 1.165) is 11.4 Å². The van der Waals surface area contributed by atoms with Crippen molar-refractivity contribution in [1.29, 1.82) is 0 Å². The van der Waals surface area contributed by atoms with Crippen LogP contribution in [0.2, 0.25) is 0 Å². The van der Waals surface area contributed by atoms with E-state index in [4.69, 9.17) is 4.74 Å². The van der Waals surface area contributed by atoms with Crippen molar-refractivity contribution < 1.29 is 14.3 Å². The monoisotopic (exact) mass is 352 g/mol. The SMILES string of the molecule is CCOc1ccc(NC2=N[C@@H](C(=O)Nc3ccccc3)CC(=O)N2)cc1. The van der Waals surface area contributed by atoms with E-state index in [1.807, 2.05) is 49.4 Å². The maximum atomic E-state index is 12.4. The minimum Gasteiger partial charge on any atom is -0.494 e. The largest absolute Gasteiger partial charge is 0.494 e. The van der Waals surface area contributed by atoms with E-state index in [-0.39, 0.29) is 24.2 Å². The molecule has 2 aromatic rings. The van der Waals surface area contributed by atoms with Crippen molar-refractivity contribution in [2.24, 2.45) is 4.99 Å². The molecule has 1 aliphatic heterocycles. The quantitative estimate of drug-likeness (QED) is 0.770. The molecular weight excluding hydrogens is 332 g/mol. The Morgan fingerprint density at radius 2 is 1.88 bits per heavy atom. The zero-order valence-electron chi connectivity index (χ0n) is 14.4. The van der Waals surface area contributed by atoms with Crippen molar-refractivity contribution in [3.8, 4) is 5.75 Å². The summed E-state index contributed by atoms with van der Waals surface area (Å²) in [6.07, 6.45) is 0.00707. The molecule has 0 bridgehead atoms. The summed E-state index contributed by atoms with van der Waals surface area (Å²) in [5.41, 5.74) is 1.40. The lowest BCUT2D eigenvalue weighted by Gasteiger charge is -2.21. The highest BCUT2D eigenvalue weighted by molar-refractivity contribution is 6.10. The first-order valence-electron chi connectivity index (χ1n) is 8.37. The second kappa shape index (κ2) is 8.15. The van der Waals surface area contributed by atoms with Gasteiger partial charge in [0.25, 0.3) is 0 Å². The summed E-state index contributed by atoms with van der Waals surface area (Å²) in [5, 5.41) is 8.42. The number of benzene rings is 2. The fourth-order valence-corrected chi connectivity index (χ4v) is 2.49. The molecule has 0 fully saturated rings. The molecule has 0 radical (unpaired) electrons. The summed E-state index contributed by atoms with van der Waals surface area (Å²) in [7, 11) is 0. The molecule has 26 heavy (non-hydrogen) atoms. The van der Waals surface area contributed by atoms with Crippen LogP contribution in [0.5, 0.6) is 5.75 Å². The molecule has 7 heteroatoms. The van der Waals surface area contributed by atoms with Gasteiger partial charge >= 0.3 is 0 Å². The van der Waals surface area contributed by atoms with Crippen LogP contribution in [0.4, 0.5) is 11.4 Å². The molecule has 3 N–H and O–H groups in total. The number of amides is 2. The van der Waals surface area contributed by atoms with E-state index < -0.39 is 6.04 Å². The third kappa shape index (κ3) is 4.60. The number of anilines is 2. The molecule has 0 spiro atoms. The number of carbonyl (C=O) groups excluding carboxylic acids is 2. The molecule has 134 valence electrons. The summed E-state index contributed by atoms with van der Waals surface area (Å²) in [6, 6.07) is 15.5. The van der Waals surface area contributed by atoms with Crippen molar-refractivity contribution in [3.05, 3.63) is 54.6 Å². The van der Waals surface area contributed by atoms with Gasteiger partial charge in [-0.05, 0) is 43.3 Å². The highest BCUT2D eigenvalue weighted by atomic mass is 16.5. The zero-order valence-corrected chi connectivity index (χ0v) is 14.4. The lowest BCUT2D eigenvalue weighted by atomic mass is 10.1. The van der Waals surface area contributed by atoms with Crippen molar-refractivity contribution in [3.63, 3.8) is 0 Å². The topological polar surface area (TPSA) is 91.8 Å². The van der Waals surface area contributed by atoms with Crippen LogP contribution in [0, 0.1) is 0 Å². The van der Waals surface area contributed by atoms with Crippen LogP contribution in [0.3, 0.4) is 0 Å². The van der Waals surface area contributed by atoms with Crippen molar-refractivity contribution >= 4 is 29.1 Å². The van der Waals surface area contributed by atoms with Gasteiger partial charge in [0.1, 0.15) is 11.8 Å². The molecule has 0 aliphatic carbocycles. The van der Waals surface area contributed by atoms with Gasteiger partial charge in [0.15, 0.2) is 0 Å². The summed E-state index contributed by atoms with van der Waals surface area (Å²) in [6.45, 7) is 2.51. The first-order chi connectivity index (χ1) is 12.6. The van der Waals surface area contributed by atoms with Gasteiger partial charge in [-0.3, -0.25) is 14.9 Å². The number of ether oxygens (including phenoxy) is 1. The molecule has 3 rings (SSSR count). The smallest absolute Gasteiger partial charge is 0.249 e. The zero-order chi connectivity index (χ0) is 18.4. The Morgan fingerprint density at radius 1 is 1.15 bits per heavy atom. The number of guanidine groups is 1. The Bertz CT molecular complexity index is 803. The molecule has 1 aliphatic rings. The molecule has 0 saturated heterocycles. The minimum absolute atomic E-state index is 0.00707. The number of para-hydroxylation sites is 1. The maximum absolute atomic E-state index is 12.4. The van der Waals surface area contributed by atoms with Crippen LogP contribution >= 0.6 is 0 Å². The van der Waals surface area contributed by atoms with Crippen LogP contribution in [0.15, 0.2) is 59.6 Å². The first-order valence-corrected chi connectivity index (χ1v) is 8.37. The molecule has 2 amide bonds. The molecule has 0 saturated carbocycles. The van der Waals surface area contributed by atoms with Crippen LogP contribution in [-0.2, 0) is 9.59 Å². The summed E-state index contributed by atoms with van der Waals surface area (Å²) >= 11 is 0. The Labute approximate surface area is 151 Å². The lowest BCUT2D eigenvalue weighted by molar-refractivity contribution is -0.124. The lowest BCUT2D eigenvalue weighted by Crippen LogP contribution is -2.45. The average molecular weight is 352 g/mol. The molecule has 1 heterocycles. The molecule has 2 aromatic carbocycles. The van der Waals surface area contributed by atoms with Crippen molar-refractivity contribution in [2.45, 2.75) is 19.4 Å². The Kier molecular flexibility index (Phi) is 5.48. The molecule has 7 nitrogen and oxygen atoms in total. The third-order valence-corrected chi connectivity index (χ3v) is 3.69. The van der Waals surface area contributed by atoms with E-state index in [0.29, 0.717) is 12.3 Å². The summed E-state index contributed by atoms with van der Waals surface area (Å²) < 4.78 is 5.39. The fraction of sp³-hybridized carbons (Fsp3) is 0.211. The van der Waals surface area contributed by atoms with E-state index in [9.17, 15) is 9.59 Å². The maximum Gasteiger partial charge on any atom is 0.249 e. The van der Waals surface area contributed by atoms with Crippen molar-refractivity contribution in [1.82, 2.24) is 5.32 Å². The van der Waals surface area contributed by atoms with Gasteiger partial charge in [-0.2, -0.15) is 0 Å². The van der Waals surface area contributed by atoms with Crippen LogP contribution in [0.1, 0.15) is 13.3 Å². The van der Waals surface area contributed by atoms with Crippen molar-refractivity contribution in [2.75, 3.05) is 17.2 Å². The van der Waals surface area contributed by atoms with E-state index in [1.165, 1.54) is 0 Å². The molecule has 0 aromatic heterocycles. The number of hydrogen-bond donors (Lipinski definition) is 3. The summed E-state index contributed by atoms with van der Waals surface area (Å²) in [4.78, 5) is 28.6. The van der Waals surface area contributed by atoms with Crippen LogP contribution in [-0.4, -0.2) is 30.4 Å². The van der Waals surface area contributed by atoms with Gasteiger partial charge in [-0.1, -0.05) is 18.2 Å². The predicted octanol–water partition coefficient (Wildman–Crippen LogP) is 2.38. The number of nitrogens with one attached hydrogen (secondary N) is 3. The van der Waals surface area contributed by atoms with E-state index in [2.05, 4.69) is 20.9 Å². The number of aliphatic imine (C=N–C) groups is 1. The average Bonchev–Trinajstić information content (AvgIpc) is 2.64. The fourth-order valence-electron chi connectivity index (χ4n) is 2.49. The van der Waals surface area contributed by atoms with Gasteiger partial charge in [0, 0.05) is 11.4 Å². The van der Waals surface area contributed by atoms with E-state index in [1.54, 1.807) is 12.1 Å². The van der Waals surface area contributed by atoms with Gasteiger partial charge in [0.2, 0.25) is 17.8 Å².